The van der Waals surface area contributed by atoms with Gasteiger partial charge in [-0.2, -0.15) is 0 Å². The first-order valence-electron chi connectivity index (χ1n) is 13.0. The molecule has 6 heteroatoms. The molecule has 0 amide bonds. The second kappa shape index (κ2) is 9.54. The van der Waals surface area contributed by atoms with Crippen LogP contribution in [0.5, 0.6) is 5.75 Å². The van der Waals surface area contributed by atoms with Crippen LogP contribution in [0.3, 0.4) is 0 Å². The molecular weight excluding hydrogens is 516 g/mol. The Bertz CT molecular complexity index is 2010. The number of carbonyl (C=O) groups excluding carboxylic acids is 4. The summed E-state index contributed by atoms with van der Waals surface area (Å²) in [5.41, 5.74) is 4.17. The Kier molecular flexibility index (Phi) is 5.68. The lowest BCUT2D eigenvalue weighted by atomic mass is 9.89. The van der Waals surface area contributed by atoms with Crippen molar-refractivity contribution in [1.29, 1.82) is 0 Å². The molecule has 196 valence electrons. The predicted octanol–water partition coefficient (Wildman–Crippen LogP) is 7.16. The van der Waals surface area contributed by atoms with Crippen LogP contribution >= 0.6 is 0 Å². The maximum absolute atomic E-state index is 13.0. The molecule has 0 spiro atoms. The van der Waals surface area contributed by atoms with Crippen molar-refractivity contribution in [3.05, 3.63) is 136 Å². The third-order valence-corrected chi connectivity index (χ3v) is 7.53. The summed E-state index contributed by atoms with van der Waals surface area (Å²) in [5, 5.41) is 3.26. The van der Waals surface area contributed by atoms with Crippen LogP contribution in [-0.2, 0) is 4.74 Å². The first-order chi connectivity index (χ1) is 20.0. The van der Waals surface area contributed by atoms with Gasteiger partial charge in [0.05, 0.1) is 11.1 Å². The van der Waals surface area contributed by atoms with E-state index in [0.717, 1.165) is 39.1 Å². The van der Waals surface area contributed by atoms with Crippen molar-refractivity contribution < 1.29 is 28.7 Å². The third-order valence-electron chi connectivity index (χ3n) is 7.53. The van der Waals surface area contributed by atoms with E-state index >= 15 is 0 Å². The number of hydrogen-bond donors (Lipinski definition) is 0. The quantitative estimate of drug-likeness (QED) is 0.135. The molecule has 0 heterocycles. The van der Waals surface area contributed by atoms with Crippen LogP contribution in [0.15, 0.2) is 97.1 Å². The first kappa shape index (κ1) is 24.4. The number of benzene rings is 5. The number of ether oxygens (including phenoxy) is 2. The average molecular weight is 537 g/mol. The molecule has 0 aliphatic heterocycles. The van der Waals surface area contributed by atoms with Gasteiger partial charge in [0, 0.05) is 27.5 Å². The average Bonchev–Trinajstić information content (AvgIpc) is 3.01. The minimum absolute atomic E-state index is 0.0932. The molecule has 0 radical (unpaired) electrons. The maximum atomic E-state index is 13.0. The Labute approximate surface area is 234 Å². The van der Waals surface area contributed by atoms with Gasteiger partial charge in [0.1, 0.15) is 11.9 Å². The van der Waals surface area contributed by atoms with Crippen molar-refractivity contribution in [1.82, 2.24) is 0 Å². The number of allylic oxidation sites excluding steroid dienone is 1. The van der Waals surface area contributed by atoms with Crippen molar-refractivity contribution in [3.63, 3.8) is 0 Å². The van der Waals surface area contributed by atoms with Gasteiger partial charge >= 0.3 is 11.9 Å². The van der Waals surface area contributed by atoms with E-state index in [0.29, 0.717) is 22.3 Å². The van der Waals surface area contributed by atoms with Gasteiger partial charge in [-0.3, -0.25) is 9.59 Å². The normalized spacial score (nSPS) is 14.7. The van der Waals surface area contributed by atoms with Gasteiger partial charge in [-0.05, 0) is 70.4 Å². The summed E-state index contributed by atoms with van der Waals surface area (Å²) in [4.78, 5) is 49.9. The molecule has 6 nitrogen and oxygen atoms in total. The zero-order valence-electron chi connectivity index (χ0n) is 21.5. The van der Waals surface area contributed by atoms with Gasteiger partial charge in [-0.25, -0.2) is 9.59 Å². The Hall–Kier alpha value is -5.62. The molecule has 0 saturated carbocycles. The van der Waals surface area contributed by atoms with E-state index < -0.39 is 18.0 Å². The van der Waals surface area contributed by atoms with Gasteiger partial charge in [-0.15, -0.1) is 0 Å². The number of esters is 2. The van der Waals surface area contributed by atoms with E-state index in [2.05, 4.69) is 0 Å². The highest BCUT2D eigenvalue weighted by atomic mass is 16.5. The van der Waals surface area contributed by atoms with Crippen LogP contribution in [0.25, 0.3) is 33.7 Å². The van der Waals surface area contributed by atoms with E-state index in [1.807, 2.05) is 48.5 Å². The Morgan fingerprint density at radius 1 is 0.732 bits per heavy atom. The molecular formula is C35H20O6. The predicted molar refractivity (Wildman–Crippen MR) is 155 cm³/mol. The van der Waals surface area contributed by atoms with E-state index in [4.69, 9.17) is 9.47 Å². The fraction of sp³-hybridized carbons (Fsp3) is 0.0286. The smallest absolute Gasteiger partial charge is 0.343 e. The Balaban J connectivity index is 1.11. The largest absolute Gasteiger partial charge is 0.450 e. The highest BCUT2D eigenvalue weighted by molar-refractivity contribution is 6.21. The summed E-state index contributed by atoms with van der Waals surface area (Å²) >= 11 is 0. The van der Waals surface area contributed by atoms with Gasteiger partial charge < -0.3 is 9.47 Å². The molecule has 0 fully saturated rings. The van der Waals surface area contributed by atoms with Crippen LogP contribution in [0.1, 0.15) is 64.2 Å². The molecule has 7 rings (SSSR count). The first-order valence-corrected chi connectivity index (χ1v) is 13.0. The summed E-state index contributed by atoms with van der Waals surface area (Å²) in [5.74, 6) is -0.886. The summed E-state index contributed by atoms with van der Waals surface area (Å²) in [6.45, 7) is 0. The van der Waals surface area contributed by atoms with E-state index in [1.54, 1.807) is 30.4 Å². The molecule has 0 saturated heterocycles. The summed E-state index contributed by atoms with van der Waals surface area (Å²) in [6.07, 6.45) is 7.05. The fourth-order valence-corrected chi connectivity index (χ4v) is 5.54. The second-order valence-corrected chi connectivity index (χ2v) is 9.86. The molecule has 5 aromatic carbocycles. The van der Waals surface area contributed by atoms with Crippen molar-refractivity contribution >= 4 is 57.7 Å². The van der Waals surface area contributed by atoms with Crippen molar-refractivity contribution in [2.45, 2.75) is 6.10 Å². The van der Waals surface area contributed by atoms with Crippen molar-refractivity contribution in [2.24, 2.45) is 0 Å². The highest BCUT2D eigenvalue weighted by Crippen LogP contribution is 2.37. The SMILES string of the molecule is O=Cc1ccc2cccc3c2c1C=CC3OC(=O)c1ccc(C(=O)Oc2ccc3c4c(cccc24)C=CC3=O)cc1. The standard InChI is InChI=1S/C35H20O6/c36-19-24-12-7-20-3-1-5-27-30(17-14-25(24)32(20)27)40-34(38)22-8-10-23(11-9-22)35(39)41-31-18-15-26-29(37)16-13-21-4-2-6-28(31)33(21)26/h1-19,30H. The van der Waals surface area contributed by atoms with E-state index in [1.165, 1.54) is 30.3 Å². The summed E-state index contributed by atoms with van der Waals surface area (Å²) < 4.78 is 11.5. The number of aldehydes is 1. The molecule has 0 aromatic heterocycles. The van der Waals surface area contributed by atoms with Gasteiger partial charge in [0.25, 0.3) is 0 Å². The topological polar surface area (TPSA) is 86.7 Å². The molecule has 5 aromatic rings. The molecule has 2 aliphatic carbocycles. The van der Waals surface area contributed by atoms with Crippen LogP contribution in [0, 0.1) is 0 Å². The van der Waals surface area contributed by atoms with E-state index in [9.17, 15) is 19.2 Å². The Morgan fingerprint density at radius 2 is 1.51 bits per heavy atom. The minimum Gasteiger partial charge on any atom is -0.450 e. The summed E-state index contributed by atoms with van der Waals surface area (Å²) in [6, 6.07) is 24.3. The third kappa shape index (κ3) is 4.05. The summed E-state index contributed by atoms with van der Waals surface area (Å²) in [7, 11) is 0. The molecule has 1 atom stereocenters. The lowest BCUT2D eigenvalue weighted by Gasteiger charge is -2.22. The van der Waals surface area contributed by atoms with Crippen LogP contribution in [0.2, 0.25) is 0 Å². The van der Waals surface area contributed by atoms with Crippen LogP contribution in [-0.4, -0.2) is 24.0 Å². The number of ketones is 1. The van der Waals surface area contributed by atoms with Crippen molar-refractivity contribution in [2.75, 3.05) is 0 Å². The molecule has 41 heavy (non-hydrogen) atoms. The van der Waals surface area contributed by atoms with E-state index in [-0.39, 0.29) is 16.9 Å². The minimum atomic E-state index is -0.625. The molecule has 1 unspecified atom stereocenters. The zero-order valence-corrected chi connectivity index (χ0v) is 21.5. The Morgan fingerprint density at radius 3 is 2.32 bits per heavy atom. The maximum Gasteiger partial charge on any atom is 0.343 e. The van der Waals surface area contributed by atoms with Gasteiger partial charge in [0.15, 0.2) is 12.1 Å². The second-order valence-electron chi connectivity index (χ2n) is 9.86. The fourth-order valence-electron chi connectivity index (χ4n) is 5.54. The highest BCUT2D eigenvalue weighted by Gasteiger charge is 2.24. The van der Waals surface area contributed by atoms with Crippen LogP contribution in [0.4, 0.5) is 0 Å². The lowest BCUT2D eigenvalue weighted by Crippen LogP contribution is -2.14. The monoisotopic (exact) mass is 536 g/mol. The van der Waals surface area contributed by atoms with Gasteiger partial charge in [0.2, 0.25) is 0 Å². The molecule has 0 N–H and O–H groups in total. The zero-order chi connectivity index (χ0) is 28.1. The lowest BCUT2D eigenvalue weighted by molar-refractivity contribution is 0.0393. The van der Waals surface area contributed by atoms with Crippen LogP contribution < -0.4 is 4.74 Å². The number of carbonyl (C=O) groups is 4. The molecule has 0 bridgehead atoms. The van der Waals surface area contributed by atoms with Crippen molar-refractivity contribution in [3.8, 4) is 5.75 Å². The van der Waals surface area contributed by atoms with Gasteiger partial charge in [-0.1, -0.05) is 60.7 Å². The number of rotatable bonds is 5. The number of hydrogen-bond acceptors (Lipinski definition) is 6. The molecule has 2 aliphatic rings.